The van der Waals surface area contributed by atoms with Gasteiger partial charge in [-0.2, -0.15) is 0 Å². The van der Waals surface area contributed by atoms with Gasteiger partial charge in [0, 0.05) is 28.4 Å². The van der Waals surface area contributed by atoms with E-state index in [1.54, 1.807) is 28.4 Å². The molecule has 13 heavy (non-hydrogen) atoms. The minimum absolute atomic E-state index is 0. The third-order valence-corrected chi connectivity index (χ3v) is 0.983. The standard InChI is InChI=1S/2C4H10O2.Li.H/c2*1-5-3-4-6-2;;/h2*3-4H2,1-2H3;;. The van der Waals surface area contributed by atoms with Crippen molar-refractivity contribution >= 4 is 18.9 Å². The van der Waals surface area contributed by atoms with Gasteiger partial charge in [-0.15, -0.1) is 0 Å². The van der Waals surface area contributed by atoms with Crippen molar-refractivity contribution in [3.8, 4) is 0 Å². The Morgan fingerprint density at radius 2 is 0.692 bits per heavy atom. The monoisotopic (exact) mass is 188 g/mol. The van der Waals surface area contributed by atoms with E-state index in [-0.39, 0.29) is 18.9 Å². The van der Waals surface area contributed by atoms with Crippen LogP contribution in [0.15, 0.2) is 0 Å². The average molecular weight is 188 g/mol. The van der Waals surface area contributed by atoms with Gasteiger partial charge in [-0.05, 0) is 0 Å². The Balaban J connectivity index is -0.000000143. The molecule has 0 bridgehead atoms. The molecule has 0 spiro atoms. The van der Waals surface area contributed by atoms with Gasteiger partial charge < -0.3 is 18.9 Å². The van der Waals surface area contributed by atoms with Crippen LogP contribution < -0.4 is 0 Å². The van der Waals surface area contributed by atoms with Crippen LogP contribution in [0.25, 0.3) is 0 Å². The second-order valence-corrected chi connectivity index (χ2v) is 1.97. The third kappa shape index (κ3) is 32.7. The van der Waals surface area contributed by atoms with Crippen LogP contribution in [0.2, 0.25) is 0 Å². The van der Waals surface area contributed by atoms with E-state index < -0.39 is 0 Å². The van der Waals surface area contributed by atoms with Crippen LogP contribution in [0.5, 0.6) is 0 Å². The molecule has 0 N–H and O–H groups in total. The van der Waals surface area contributed by atoms with E-state index in [4.69, 9.17) is 0 Å². The Bertz CT molecular complexity index is 48.1. The van der Waals surface area contributed by atoms with Crippen LogP contribution in [-0.2, 0) is 18.9 Å². The molecule has 0 rings (SSSR count). The number of hydrogen-bond donors (Lipinski definition) is 0. The van der Waals surface area contributed by atoms with Crippen molar-refractivity contribution < 1.29 is 18.9 Å². The van der Waals surface area contributed by atoms with E-state index in [1.807, 2.05) is 0 Å². The first-order chi connectivity index (χ1) is 5.83. The summed E-state index contributed by atoms with van der Waals surface area (Å²) in [5.41, 5.74) is 0. The molecule has 0 fully saturated rings. The van der Waals surface area contributed by atoms with Crippen LogP contribution in [-0.4, -0.2) is 73.7 Å². The molecule has 0 amide bonds. The predicted octanol–water partition coefficient (Wildman–Crippen LogP) is -0.0901. The van der Waals surface area contributed by atoms with E-state index in [0.29, 0.717) is 26.4 Å². The number of hydrogen-bond acceptors (Lipinski definition) is 4. The van der Waals surface area contributed by atoms with Gasteiger partial charge in [0.05, 0.1) is 26.4 Å². The van der Waals surface area contributed by atoms with Crippen molar-refractivity contribution in [2.75, 3.05) is 54.9 Å². The molecule has 0 aromatic carbocycles. The Hall–Kier alpha value is 0.437. The van der Waals surface area contributed by atoms with Crippen LogP contribution in [0.3, 0.4) is 0 Å². The Kier molecular flexibility index (Phi) is 33.5. The van der Waals surface area contributed by atoms with Gasteiger partial charge in [0.25, 0.3) is 0 Å². The molecule has 0 aromatic heterocycles. The Labute approximate surface area is 93.1 Å². The zero-order valence-corrected chi connectivity index (χ0v) is 8.46. The van der Waals surface area contributed by atoms with Crippen molar-refractivity contribution in [1.82, 2.24) is 0 Å². The summed E-state index contributed by atoms with van der Waals surface area (Å²) in [6.45, 7) is 2.76. The molecule has 0 aliphatic carbocycles. The molecule has 0 radical (unpaired) electrons. The van der Waals surface area contributed by atoms with Crippen molar-refractivity contribution in [2.24, 2.45) is 0 Å². The molecule has 0 atom stereocenters. The topological polar surface area (TPSA) is 36.9 Å². The zero-order chi connectivity index (χ0) is 9.66. The fraction of sp³-hybridized carbons (Fsp3) is 1.00. The Morgan fingerprint density at radius 3 is 0.769 bits per heavy atom. The molecule has 0 aromatic rings. The summed E-state index contributed by atoms with van der Waals surface area (Å²) in [7, 11) is 6.61. The van der Waals surface area contributed by atoms with Crippen LogP contribution in [0, 0.1) is 0 Å². The maximum atomic E-state index is 4.66. The van der Waals surface area contributed by atoms with Gasteiger partial charge in [-0.1, -0.05) is 0 Å². The molecular formula is C8H21LiO4. The van der Waals surface area contributed by atoms with Gasteiger partial charge in [-0.3, -0.25) is 0 Å². The number of rotatable bonds is 6. The van der Waals surface area contributed by atoms with E-state index in [9.17, 15) is 0 Å². The first-order valence-electron chi connectivity index (χ1n) is 3.79. The second kappa shape index (κ2) is 22.9. The van der Waals surface area contributed by atoms with Gasteiger partial charge in [0.2, 0.25) is 0 Å². The summed E-state index contributed by atoms with van der Waals surface area (Å²) in [6, 6.07) is 0. The SMILES string of the molecule is COCCOC.COCCOC.[LiH]. The first-order valence-corrected chi connectivity index (χ1v) is 3.79. The number of methoxy groups -OCH3 is 4. The molecule has 0 unspecified atom stereocenters. The molecule has 5 heteroatoms. The summed E-state index contributed by atoms with van der Waals surface area (Å²) in [6.07, 6.45) is 0. The van der Waals surface area contributed by atoms with E-state index in [1.165, 1.54) is 0 Å². The van der Waals surface area contributed by atoms with Gasteiger partial charge in [0.15, 0.2) is 0 Å². The third-order valence-electron chi connectivity index (χ3n) is 0.983. The summed E-state index contributed by atoms with van der Waals surface area (Å²) in [5.74, 6) is 0. The van der Waals surface area contributed by atoms with Crippen molar-refractivity contribution in [3.05, 3.63) is 0 Å². The van der Waals surface area contributed by atoms with Crippen LogP contribution in [0.4, 0.5) is 0 Å². The molecule has 0 aliphatic rings. The zero-order valence-electron chi connectivity index (χ0n) is 8.46. The first kappa shape index (κ1) is 19.1. The average Bonchev–Trinajstić information content (AvgIpc) is 2.12. The van der Waals surface area contributed by atoms with E-state index >= 15 is 0 Å². The normalized spacial score (nSPS) is 8.31. The molecule has 0 saturated carbocycles. The number of ether oxygens (including phenoxy) is 4. The van der Waals surface area contributed by atoms with E-state index in [0.717, 1.165) is 0 Å². The fourth-order valence-electron chi connectivity index (χ4n) is 0.333. The van der Waals surface area contributed by atoms with Gasteiger partial charge >= 0.3 is 18.9 Å². The molecule has 4 nitrogen and oxygen atoms in total. The van der Waals surface area contributed by atoms with Crippen molar-refractivity contribution in [3.63, 3.8) is 0 Å². The molecule has 0 aliphatic heterocycles. The van der Waals surface area contributed by atoms with Crippen molar-refractivity contribution in [2.45, 2.75) is 0 Å². The molecule has 0 heterocycles. The fourth-order valence-corrected chi connectivity index (χ4v) is 0.333. The van der Waals surface area contributed by atoms with Crippen molar-refractivity contribution in [1.29, 1.82) is 0 Å². The van der Waals surface area contributed by atoms with Crippen LogP contribution >= 0.6 is 0 Å². The predicted molar refractivity (Wildman–Crippen MR) is 54.7 cm³/mol. The van der Waals surface area contributed by atoms with E-state index in [2.05, 4.69) is 18.9 Å². The van der Waals surface area contributed by atoms with Gasteiger partial charge in [0.1, 0.15) is 0 Å². The summed E-state index contributed by atoms with van der Waals surface area (Å²) in [4.78, 5) is 0. The van der Waals surface area contributed by atoms with Crippen LogP contribution in [0.1, 0.15) is 0 Å². The molecule has 78 valence electrons. The summed E-state index contributed by atoms with van der Waals surface area (Å²) >= 11 is 0. The van der Waals surface area contributed by atoms with Gasteiger partial charge in [-0.25, -0.2) is 0 Å². The maximum absolute atomic E-state index is 4.66. The molecule has 0 saturated heterocycles. The Morgan fingerprint density at radius 1 is 0.538 bits per heavy atom. The summed E-state index contributed by atoms with van der Waals surface area (Å²) in [5, 5.41) is 0. The summed E-state index contributed by atoms with van der Waals surface area (Å²) < 4.78 is 18.6. The quantitative estimate of drug-likeness (QED) is 0.431. The second-order valence-electron chi connectivity index (χ2n) is 1.97. The minimum atomic E-state index is 0. The molecular weight excluding hydrogens is 167 g/mol.